The third-order valence-corrected chi connectivity index (χ3v) is 5.06. The number of ether oxygens (including phenoxy) is 1. The van der Waals surface area contributed by atoms with Crippen LogP contribution in [0.3, 0.4) is 0 Å². The molecule has 1 aliphatic rings. The first-order valence-corrected chi connectivity index (χ1v) is 9.03. The predicted octanol–water partition coefficient (Wildman–Crippen LogP) is 4.71. The fourth-order valence-corrected chi connectivity index (χ4v) is 3.91. The number of amides is 1. The fraction of sp³-hybridized carbons (Fsp3) is 0.895. The molecule has 1 rings (SSSR count). The Kier molecular flexibility index (Phi) is 7.09. The molecule has 0 bridgehead atoms. The molecule has 4 nitrogen and oxygen atoms in total. The molecular formula is C19H35NO3. The van der Waals surface area contributed by atoms with E-state index in [1.54, 1.807) is 0 Å². The average Bonchev–Trinajstić information content (AvgIpc) is 2.41. The van der Waals surface area contributed by atoms with Crippen molar-refractivity contribution in [2.75, 3.05) is 6.61 Å². The Balaban J connectivity index is 2.37. The van der Waals surface area contributed by atoms with Crippen LogP contribution in [0.5, 0.6) is 0 Å². The molecule has 134 valence electrons. The van der Waals surface area contributed by atoms with Gasteiger partial charge in [-0.1, -0.05) is 48.0 Å². The molecule has 1 fully saturated rings. The van der Waals surface area contributed by atoms with Crippen molar-refractivity contribution in [2.45, 2.75) is 86.1 Å². The van der Waals surface area contributed by atoms with Crippen LogP contribution < -0.4 is 5.32 Å². The van der Waals surface area contributed by atoms with Crippen molar-refractivity contribution >= 4 is 11.9 Å². The minimum absolute atomic E-state index is 0.0556. The lowest BCUT2D eigenvalue weighted by molar-refractivity contribution is -0.122. The zero-order valence-electron chi connectivity index (χ0n) is 15.8. The van der Waals surface area contributed by atoms with E-state index in [0.717, 1.165) is 19.3 Å². The summed E-state index contributed by atoms with van der Waals surface area (Å²) in [4.78, 5) is 23.5. The quantitative estimate of drug-likeness (QED) is 0.689. The van der Waals surface area contributed by atoms with Gasteiger partial charge in [0.25, 0.3) is 0 Å². The van der Waals surface area contributed by atoms with Crippen molar-refractivity contribution in [3.63, 3.8) is 0 Å². The molecule has 4 heteroatoms. The standard InChI is InChI=1S/C19H35NO3/c1-7-19(6)12-15(11-18(4,5)13-19)20-17(22)23-10-8-9-16(21)14(2)3/h14-15H,7-13H2,1-6H3,(H,20,22). The van der Waals surface area contributed by atoms with Gasteiger partial charge in [0.2, 0.25) is 0 Å². The molecule has 1 N–H and O–H groups in total. The topological polar surface area (TPSA) is 55.4 Å². The van der Waals surface area contributed by atoms with Gasteiger partial charge in [0.1, 0.15) is 5.78 Å². The Morgan fingerprint density at radius 3 is 2.43 bits per heavy atom. The van der Waals surface area contributed by atoms with E-state index in [9.17, 15) is 9.59 Å². The highest BCUT2D eigenvalue weighted by Gasteiger charge is 2.40. The van der Waals surface area contributed by atoms with Crippen molar-refractivity contribution in [3.05, 3.63) is 0 Å². The zero-order chi connectivity index (χ0) is 17.7. The van der Waals surface area contributed by atoms with E-state index >= 15 is 0 Å². The van der Waals surface area contributed by atoms with Gasteiger partial charge in [-0.25, -0.2) is 4.79 Å². The van der Waals surface area contributed by atoms with E-state index in [1.165, 1.54) is 6.42 Å². The second-order valence-corrected chi connectivity index (χ2v) is 8.62. The van der Waals surface area contributed by atoms with Gasteiger partial charge in [-0.05, 0) is 36.5 Å². The normalized spacial score (nSPS) is 26.8. The number of nitrogens with one attached hydrogen (secondary N) is 1. The van der Waals surface area contributed by atoms with Crippen molar-refractivity contribution in [3.8, 4) is 0 Å². The lowest BCUT2D eigenvalue weighted by Gasteiger charge is -2.46. The summed E-state index contributed by atoms with van der Waals surface area (Å²) in [6.07, 6.45) is 5.06. The number of hydrogen-bond acceptors (Lipinski definition) is 3. The maximum Gasteiger partial charge on any atom is 0.407 e. The molecule has 0 heterocycles. The second-order valence-electron chi connectivity index (χ2n) is 8.62. The SMILES string of the molecule is CCC1(C)CC(NC(=O)OCCCC(=O)C(C)C)CC(C)(C)C1. The number of carbonyl (C=O) groups is 2. The third kappa shape index (κ3) is 6.92. The number of hydrogen-bond donors (Lipinski definition) is 1. The first-order valence-electron chi connectivity index (χ1n) is 9.03. The minimum Gasteiger partial charge on any atom is -0.450 e. The highest BCUT2D eigenvalue weighted by Crippen LogP contribution is 2.47. The van der Waals surface area contributed by atoms with Crippen molar-refractivity contribution in [2.24, 2.45) is 16.7 Å². The van der Waals surface area contributed by atoms with E-state index in [0.29, 0.717) is 19.4 Å². The fourth-order valence-electron chi connectivity index (χ4n) is 3.91. The van der Waals surface area contributed by atoms with Crippen LogP contribution in [0.25, 0.3) is 0 Å². The first-order chi connectivity index (χ1) is 10.6. The summed E-state index contributed by atoms with van der Waals surface area (Å²) < 4.78 is 5.24. The van der Waals surface area contributed by atoms with Crippen LogP contribution in [0.4, 0.5) is 4.79 Å². The van der Waals surface area contributed by atoms with Gasteiger partial charge in [0.05, 0.1) is 6.61 Å². The lowest BCUT2D eigenvalue weighted by Crippen LogP contribution is -2.46. The molecule has 23 heavy (non-hydrogen) atoms. The van der Waals surface area contributed by atoms with Gasteiger partial charge >= 0.3 is 6.09 Å². The predicted molar refractivity (Wildman–Crippen MR) is 93.4 cm³/mol. The van der Waals surface area contributed by atoms with E-state index in [-0.39, 0.29) is 34.7 Å². The van der Waals surface area contributed by atoms with Crippen LogP contribution in [-0.4, -0.2) is 24.5 Å². The number of Topliss-reactive ketones (excluding diaryl/α,β-unsaturated/α-hetero) is 1. The van der Waals surface area contributed by atoms with Gasteiger partial charge < -0.3 is 10.1 Å². The lowest BCUT2D eigenvalue weighted by atomic mass is 9.62. The molecular weight excluding hydrogens is 290 g/mol. The van der Waals surface area contributed by atoms with Gasteiger partial charge in [-0.3, -0.25) is 4.79 Å². The molecule has 2 unspecified atom stereocenters. The summed E-state index contributed by atoms with van der Waals surface area (Å²) in [5.74, 6) is 0.279. The van der Waals surface area contributed by atoms with Gasteiger partial charge in [-0.2, -0.15) is 0 Å². The monoisotopic (exact) mass is 325 g/mol. The van der Waals surface area contributed by atoms with E-state index < -0.39 is 0 Å². The van der Waals surface area contributed by atoms with Gasteiger partial charge in [0.15, 0.2) is 0 Å². The van der Waals surface area contributed by atoms with Crippen LogP contribution in [0.2, 0.25) is 0 Å². The van der Waals surface area contributed by atoms with Crippen LogP contribution in [0.1, 0.15) is 80.1 Å². The summed E-state index contributed by atoms with van der Waals surface area (Å²) >= 11 is 0. The Labute approximate surface area is 141 Å². The number of rotatable bonds is 7. The van der Waals surface area contributed by atoms with Crippen molar-refractivity contribution in [1.29, 1.82) is 0 Å². The molecule has 1 amide bonds. The molecule has 2 atom stereocenters. The molecule has 1 saturated carbocycles. The molecule has 0 saturated heterocycles. The maximum absolute atomic E-state index is 12.0. The smallest absolute Gasteiger partial charge is 0.407 e. The molecule has 0 radical (unpaired) electrons. The van der Waals surface area contributed by atoms with Crippen LogP contribution in [0, 0.1) is 16.7 Å². The molecule has 1 aliphatic carbocycles. The van der Waals surface area contributed by atoms with Crippen molar-refractivity contribution in [1.82, 2.24) is 5.32 Å². The van der Waals surface area contributed by atoms with E-state index in [2.05, 4.69) is 33.0 Å². The summed E-state index contributed by atoms with van der Waals surface area (Å²) in [5.41, 5.74) is 0.522. The maximum atomic E-state index is 12.0. The summed E-state index contributed by atoms with van der Waals surface area (Å²) in [7, 11) is 0. The van der Waals surface area contributed by atoms with Gasteiger partial charge in [-0.15, -0.1) is 0 Å². The minimum atomic E-state index is -0.344. The molecule has 0 aliphatic heterocycles. The van der Waals surface area contributed by atoms with E-state index in [4.69, 9.17) is 4.74 Å². The Morgan fingerprint density at radius 2 is 1.87 bits per heavy atom. The van der Waals surface area contributed by atoms with Gasteiger partial charge in [0, 0.05) is 18.4 Å². The number of carbonyl (C=O) groups excluding carboxylic acids is 2. The summed E-state index contributed by atoms with van der Waals surface area (Å²) in [6, 6.07) is 0.175. The van der Waals surface area contributed by atoms with E-state index in [1.807, 2.05) is 13.8 Å². The highest BCUT2D eigenvalue weighted by molar-refractivity contribution is 5.80. The van der Waals surface area contributed by atoms with Crippen molar-refractivity contribution < 1.29 is 14.3 Å². The Hall–Kier alpha value is -1.06. The zero-order valence-corrected chi connectivity index (χ0v) is 15.8. The molecule has 0 aromatic carbocycles. The second kappa shape index (κ2) is 8.16. The van der Waals surface area contributed by atoms with Crippen LogP contribution in [-0.2, 0) is 9.53 Å². The Bertz CT molecular complexity index is 417. The average molecular weight is 325 g/mol. The molecule has 0 aromatic rings. The Morgan fingerprint density at radius 1 is 1.22 bits per heavy atom. The van der Waals surface area contributed by atoms with Crippen LogP contribution >= 0.6 is 0 Å². The first kappa shape index (κ1) is 20.0. The third-order valence-electron chi connectivity index (χ3n) is 5.06. The number of ketones is 1. The molecule has 0 aromatic heterocycles. The molecule has 0 spiro atoms. The summed E-state index contributed by atoms with van der Waals surface area (Å²) in [5, 5.41) is 3.03. The highest BCUT2D eigenvalue weighted by atomic mass is 16.5. The summed E-state index contributed by atoms with van der Waals surface area (Å²) in [6.45, 7) is 13.2. The van der Waals surface area contributed by atoms with Crippen LogP contribution in [0.15, 0.2) is 0 Å². The number of alkyl carbamates (subject to hydrolysis) is 1. The largest absolute Gasteiger partial charge is 0.450 e.